The maximum atomic E-state index is 12.6. The fourth-order valence-corrected chi connectivity index (χ4v) is 2.88. The van der Waals surface area contributed by atoms with Crippen molar-refractivity contribution in [3.05, 3.63) is 64.1 Å². The quantitative estimate of drug-likeness (QED) is 0.889. The SMILES string of the molecule is CC1(C(=O)Nc2ccc[nH]c2=O)CCc2ccccc2C1. The van der Waals surface area contributed by atoms with Gasteiger partial charge in [0.1, 0.15) is 5.69 Å². The molecule has 2 aromatic rings. The van der Waals surface area contributed by atoms with Crippen molar-refractivity contribution in [1.29, 1.82) is 0 Å². The van der Waals surface area contributed by atoms with E-state index in [0.29, 0.717) is 12.1 Å². The third kappa shape index (κ3) is 2.61. The molecule has 108 valence electrons. The van der Waals surface area contributed by atoms with E-state index in [9.17, 15) is 9.59 Å². The number of hydrogen-bond acceptors (Lipinski definition) is 2. The standard InChI is InChI=1S/C17H18N2O2/c1-17(9-8-12-5-2-3-6-13(12)11-17)16(21)19-14-7-4-10-18-15(14)20/h2-7,10H,8-9,11H2,1H3,(H,18,20)(H,19,21). The minimum Gasteiger partial charge on any atom is -0.327 e. The van der Waals surface area contributed by atoms with Crippen LogP contribution in [0.1, 0.15) is 24.5 Å². The zero-order valence-electron chi connectivity index (χ0n) is 12.0. The van der Waals surface area contributed by atoms with Crippen molar-refractivity contribution in [2.75, 3.05) is 5.32 Å². The molecular weight excluding hydrogens is 264 g/mol. The number of H-pyrrole nitrogens is 1. The number of nitrogens with one attached hydrogen (secondary N) is 2. The van der Waals surface area contributed by atoms with Gasteiger partial charge in [0.25, 0.3) is 5.56 Å². The van der Waals surface area contributed by atoms with Crippen LogP contribution in [0.4, 0.5) is 5.69 Å². The van der Waals surface area contributed by atoms with E-state index in [4.69, 9.17) is 0 Å². The summed E-state index contributed by atoms with van der Waals surface area (Å²) >= 11 is 0. The molecule has 2 N–H and O–H groups in total. The number of amides is 1. The van der Waals surface area contributed by atoms with E-state index in [0.717, 1.165) is 12.8 Å². The number of carbonyl (C=O) groups excluding carboxylic acids is 1. The largest absolute Gasteiger partial charge is 0.327 e. The Morgan fingerprint density at radius 1 is 1.19 bits per heavy atom. The number of aromatic nitrogens is 1. The first kappa shape index (κ1) is 13.6. The lowest BCUT2D eigenvalue weighted by Gasteiger charge is -2.33. The lowest BCUT2D eigenvalue weighted by Crippen LogP contribution is -2.39. The summed E-state index contributed by atoms with van der Waals surface area (Å²) < 4.78 is 0. The molecule has 4 nitrogen and oxygen atoms in total. The van der Waals surface area contributed by atoms with E-state index in [-0.39, 0.29) is 11.5 Å². The number of carbonyl (C=O) groups is 1. The highest BCUT2D eigenvalue weighted by Crippen LogP contribution is 2.36. The van der Waals surface area contributed by atoms with E-state index < -0.39 is 5.41 Å². The Hall–Kier alpha value is -2.36. The Morgan fingerprint density at radius 2 is 1.95 bits per heavy atom. The van der Waals surface area contributed by atoms with Crippen LogP contribution in [0.15, 0.2) is 47.4 Å². The van der Waals surface area contributed by atoms with Gasteiger partial charge in [-0.25, -0.2) is 0 Å². The Bertz CT molecular complexity index is 735. The number of pyridine rings is 1. The van der Waals surface area contributed by atoms with Gasteiger partial charge in [0.05, 0.1) is 5.41 Å². The zero-order chi connectivity index (χ0) is 14.9. The number of rotatable bonds is 2. The minimum absolute atomic E-state index is 0.0892. The molecule has 1 aromatic carbocycles. The van der Waals surface area contributed by atoms with E-state index >= 15 is 0 Å². The summed E-state index contributed by atoms with van der Waals surface area (Å²) in [7, 11) is 0. The van der Waals surface area contributed by atoms with Crippen LogP contribution in [0, 0.1) is 5.41 Å². The maximum Gasteiger partial charge on any atom is 0.271 e. The van der Waals surface area contributed by atoms with Gasteiger partial charge in [-0.1, -0.05) is 31.2 Å². The van der Waals surface area contributed by atoms with Crippen LogP contribution in [-0.4, -0.2) is 10.9 Å². The van der Waals surface area contributed by atoms with Crippen LogP contribution in [0.2, 0.25) is 0 Å². The molecule has 0 fully saturated rings. The first-order valence-corrected chi connectivity index (χ1v) is 7.14. The van der Waals surface area contributed by atoms with Gasteiger partial charge in [-0.2, -0.15) is 0 Å². The van der Waals surface area contributed by atoms with Gasteiger partial charge in [-0.3, -0.25) is 9.59 Å². The first-order chi connectivity index (χ1) is 10.1. The van der Waals surface area contributed by atoms with Crippen molar-refractivity contribution in [3.63, 3.8) is 0 Å². The van der Waals surface area contributed by atoms with Crippen molar-refractivity contribution >= 4 is 11.6 Å². The van der Waals surface area contributed by atoms with Crippen molar-refractivity contribution in [2.45, 2.75) is 26.2 Å². The van der Waals surface area contributed by atoms with Gasteiger partial charge < -0.3 is 10.3 Å². The maximum absolute atomic E-state index is 12.6. The molecule has 1 atom stereocenters. The second kappa shape index (κ2) is 5.20. The molecule has 1 aromatic heterocycles. The van der Waals surface area contributed by atoms with Crippen LogP contribution in [0.5, 0.6) is 0 Å². The Morgan fingerprint density at radius 3 is 2.71 bits per heavy atom. The van der Waals surface area contributed by atoms with Crippen LogP contribution in [0.25, 0.3) is 0 Å². The van der Waals surface area contributed by atoms with Crippen LogP contribution in [0.3, 0.4) is 0 Å². The third-order valence-electron chi connectivity index (χ3n) is 4.26. The van der Waals surface area contributed by atoms with Crippen LogP contribution in [-0.2, 0) is 17.6 Å². The first-order valence-electron chi connectivity index (χ1n) is 7.14. The normalized spacial score (nSPS) is 20.6. The molecular formula is C17H18N2O2. The second-order valence-electron chi connectivity index (χ2n) is 5.87. The summed E-state index contributed by atoms with van der Waals surface area (Å²) in [5.74, 6) is -0.0892. The van der Waals surface area contributed by atoms with Gasteiger partial charge in [0, 0.05) is 6.20 Å². The number of benzene rings is 1. The summed E-state index contributed by atoms with van der Waals surface area (Å²) in [6.45, 7) is 1.97. The van der Waals surface area contributed by atoms with E-state index in [2.05, 4.69) is 22.4 Å². The van der Waals surface area contributed by atoms with Crippen molar-refractivity contribution in [3.8, 4) is 0 Å². The van der Waals surface area contributed by atoms with Crippen molar-refractivity contribution in [2.24, 2.45) is 5.41 Å². The fraction of sp³-hybridized carbons (Fsp3) is 0.294. The van der Waals surface area contributed by atoms with Crippen LogP contribution < -0.4 is 10.9 Å². The van der Waals surface area contributed by atoms with E-state index in [1.807, 2.05) is 19.1 Å². The number of anilines is 1. The lowest BCUT2D eigenvalue weighted by atomic mass is 9.72. The molecule has 0 bridgehead atoms. The minimum atomic E-state index is -0.476. The molecule has 21 heavy (non-hydrogen) atoms. The fourth-order valence-electron chi connectivity index (χ4n) is 2.88. The van der Waals surface area contributed by atoms with Crippen molar-refractivity contribution in [1.82, 2.24) is 4.98 Å². The predicted octanol–water partition coefficient (Wildman–Crippen LogP) is 2.51. The summed E-state index contributed by atoms with van der Waals surface area (Å²) in [4.78, 5) is 26.8. The second-order valence-corrected chi connectivity index (χ2v) is 5.87. The topological polar surface area (TPSA) is 62.0 Å². The van der Waals surface area contributed by atoms with Gasteiger partial charge in [-0.05, 0) is 42.5 Å². The monoisotopic (exact) mass is 282 g/mol. The molecule has 1 aliphatic rings. The molecule has 3 rings (SSSR count). The molecule has 0 aliphatic heterocycles. The zero-order valence-corrected chi connectivity index (χ0v) is 12.0. The van der Waals surface area contributed by atoms with Gasteiger partial charge in [0.15, 0.2) is 0 Å². The van der Waals surface area contributed by atoms with Gasteiger partial charge >= 0.3 is 0 Å². The molecule has 1 aliphatic carbocycles. The highest BCUT2D eigenvalue weighted by atomic mass is 16.2. The number of hydrogen-bond donors (Lipinski definition) is 2. The van der Waals surface area contributed by atoms with Crippen molar-refractivity contribution < 1.29 is 4.79 Å². The molecule has 4 heteroatoms. The molecule has 1 unspecified atom stereocenters. The summed E-state index contributed by atoms with van der Waals surface area (Å²) in [5, 5.41) is 2.77. The number of fused-ring (bicyclic) bond motifs is 1. The van der Waals surface area contributed by atoms with E-state index in [1.54, 1.807) is 18.3 Å². The lowest BCUT2D eigenvalue weighted by molar-refractivity contribution is -0.125. The van der Waals surface area contributed by atoms with Gasteiger partial charge in [-0.15, -0.1) is 0 Å². The molecule has 0 saturated heterocycles. The molecule has 1 amide bonds. The Kier molecular flexibility index (Phi) is 3.37. The summed E-state index contributed by atoms with van der Waals surface area (Å²) in [5.41, 5.74) is 2.10. The summed E-state index contributed by atoms with van der Waals surface area (Å²) in [6, 6.07) is 11.6. The van der Waals surface area contributed by atoms with Gasteiger partial charge in [0.2, 0.25) is 5.91 Å². The van der Waals surface area contributed by atoms with Crippen LogP contribution >= 0.6 is 0 Å². The molecule has 0 spiro atoms. The Balaban J connectivity index is 1.82. The average molecular weight is 282 g/mol. The highest BCUT2D eigenvalue weighted by molar-refractivity contribution is 5.95. The smallest absolute Gasteiger partial charge is 0.271 e. The Labute approximate surface area is 123 Å². The molecule has 0 radical (unpaired) electrons. The third-order valence-corrected chi connectivity index (χ3v) is 4.26. The predicted molar refractivity (Wildman–Crippen MR) is 82.3 cm³/mol. The number of aryl methyl sites for hydroxylation is 1. The summed E-state index contributed by atoms with van der Waals surface area (Å²) in [6.07, 6.45) is 3.95. The van der Waals surface area contributed by atoms with E-state index in [1.165, 1.54) is 11.1 Å². The molecule has 0 saturated carbocycles. The molecule has 1 heterocycles. The number of aromatic amines is 1. The highest BCUT2D eigenvalue weighted by Gasteiger charge is 2.36. The average Bonchev–Trinajstić information content (AvgIpc) is 2.49.